The van der Waals surface area contributed by atoms with Crippen molar-refractivity contribution in [3.05, 3.63) is 77.4 Å². The van der Waals surface area contributed by atoms with Gasteiger partial charge in [0.1, 0.15) is 17.2 Å². The average Bonchev–Trinajstić information content (AvgIpc) is 3.35. The molecule has 1 aromatic carbocycles. The van der Waals surface area contributed by atoms with Crippen LogP contribution in [0.1, 0.15) is 35.3 Å². The number of hydrogen-bond acceptors (Lipinski definition) is 6. The van der Waals surface area contributed by atoms with E-state index in [1.165, 1.54) is 0 Å². The summed E-state index contributed by atoms with van der Waals surface area (Å²) in [6, 6.07) is 13.8. The molecule has 0 aliphatic carbocycles. The van der Waals surface area contributed by atoms with Crippen molar-refractivity contribution < 1.29 is 4.74 Å². The molecule has 0 saturated carbocycles. The molecular weight excluding hydrogens is 402 g/mol. The lowest BCUT2D eigenvalue weighted by atomic mass is 10.1. The molecule has 4 aromatic rings. The maximum atomic E-state index is 8.65. The number of imidazole rings is 1. The van der Waals surface area contributed by atoms with E-state index >= 15 is 0 Å². The van der Waals surface area contributed by atoms with Crippen LogP contribution in [0.5, 0.6) is 5.88 Å². The van der Waals surface area contributed by atoms with E-state index in [0.717, 1.165) is 28.1 Å². The van der Waals surface area contributed by atoms with Crippen molar-refractivity contribution in [3.8, 4) is 23.0 Å². The topological polar surface area (TPSA) is 92.8 Å². The fourth-order valence-corrected chi connectivity index (χ4v) is 4.15. The van der Waals surface area contributed by atoms with Gasteiger partial charge in [0.2, 0.25) is 5.88 Å². The number of aryl methyl sites for hydroxylation is 2. The highest BCUT2D eigenvalue weighted by Gasteiger charge is 2.33. The van der Waals surface area contributed by atoms with Crippen molar-refractivity contribution >= 4 is 11.7 Å². The molecule has 0 amide bonds. The smallest absolute Gasteiger partial charge is 0.238 e. The van der Waals surface area contributed by atoms with Gasteiger partial charge < -0.3 is 14.2 Å². The lowest BCUT2D eigenvalue weighted by Crippen LogP contribution is -2.28. The summed E-state index contributed by atoms with van der Waals surface area (Å²) in [5.74, 6) is 1.60. The lowest BCUT2D eigenvalue weighted by molar-refractivity contribution is 0.396. The summed E-state index contributed by atoms with van der Waals surface area (Å²) in [6.45, 7) is 6.00. The van der Waals surface area contributed by atoms with Crippen molar-refractivity contribution in [3.63, 3.8) is 0 Å². The highest BCUT2D eigenvalue weighted by atomic mass is 16.5. The SMILES string of the molecule is COc1nc(-c2cc(C)c(N3C(=N)c4ccccc4[C@@H]3C)nn2)ccc1-n1cnc(C)c1. The normalized spacial score (nSPS) is 15.2. The van der Waals surface area contributed by atoms with E-state index in [1.807, 2.05) is 65.9 Å². The van der Waals surface area contributed by atoms with Gasteiger partial charge in [-0.3, -0.25) is 5.41 Å². The zero-order valence-electron chi connectivity index (χ0n) is 18.4. The predicted octanol–water partition coefficient (Wildman–Crippen LogP) is 4.26. The number of benzene rings is 1. The molecule has 1 atom stereocenters. The van der Waals surface area contributed by atoms with Crippen molar-refractivity contribution in [2.45, 2.75) is 26.8 Å². The monoisotopic (exact) mass is 425 g/mol. The second-order valence-electron chi connectivity index (χ2n) is 7.87. The number of fused-ring (bicyclic) bond motifs is 1. The first-order chi connectivity index (χ1) is 15.5. The second kappa shape index (κ2) is 7.56. The molecule has 0 spiro atoms. The molecule has 1 N–H and O–H groups in total. The Kier molecular flexibility index (Phi) is 4.70. The summed E-state index contributed by atoms with van der Waals surface area (Å²) in [7, 11) is 1.59. The highest BCUT2D eigenvalue weighted by Crippen LogP contribution is 2.37. The number of nitrogens with one attached hydrogen (secondary N) is 1. The molecule has 5 rings (SSSR count). The number of pyridine rings is 1. The molecule has 0 radical (unpaired) electrons. The number of ether oxygens (including phenoxy) is 1. The van der Waals surface area contributed by atoms with Crippen LogP contribution in [0.4, 0.5) is 5.82 Å². The van der Waals surface area contributed by atoms with Crippen LogP contribution in [0.3, 0.4) is 0 Å². The maximum absolute atomic E-state index is 8.65. The van der Waals surface area contributed by atoms with E-state index in [-0.39, 0.29) is 6.04 Å². The van der Waals surface area contributed by atoms with E-state index in [1.54, 1.807) is 13.4 Å². The minimum atomic E-state index is 0.0219. The molecule has 1 aliphatic rings. The van der Waals surface area contributed by atoms with Crippen molar-refractivity contribution in [2.75, 3.05) is 12.0 Å². The lowest BCUT2D eigenvalue weighted by Gasteiger charge is -2.24. The molecule has 0 bridgehead atoms. The molecule has 0 fully saturated rings. The number of hydrogen-bond donors (Lipinski definition) is 1. The van der Waals surface area contributed by atoms with Gasteiger partial charge >= 0.3 is 0 Å². The quantitative estimate of drug-likeness (QED) is 0.525. The van der Waals surface area contributed by atoms with Crippen LogP contribution in [0.15, 0.2) is 55.0 Å². The van der Waals surface area contributed by atoms with Gasteiger partial charge in [-0.2, -0.15) is 0 Å². The van der Waals surface area contributed by atoms with Gasteiger partial charge in [0.25, 0.3) is 0 Å². The van der Waals surface area contributed by atoms with E-state index in [0.29, 0.717) is 28.9 Å². The molecule has 3 aromatic heterocycles. The Morgan fingerprint density at radius 1 is 1.03 bits per heavy atom. The number of rotatable bonds is 4. The summed E-state index contributed by atoms with van der Waals surface area (Å²) in [5, 5.41) is 17.6. The Balaban J connectivity index is 1.50. The number of nitrogens with zero attached hydrogens (tertiary/aromatic N) is 6. The molecule has 0 unspecified atom stereocenters. The summed E-state index contributed by atoms with van der Waals surface area (Å²) < 4.78 is 7.40. The van der Waals surface area contributed by atoms with Crippen LogP contribution in [-0.4, -0.2) is 37.7 Å². The number of amidine groups is 1. The zero-order valence-corrected chi connectivity index (χ0v) is 18.4. The minimum Gasteiger partial charge on any atom is -0.479 e. The number of methoxy groups -OCH3 is 1. The Morgan fingerprint density at radius 3 is 2.53 bits per heavy atom. The number of aromatic nitrogens is 5. The Bertz CT molecular complexity index is 1340. The summed E-state index contributed by atoms with van der Waals surface area (Å²) >= 11 is 0. The number of anilines is 1. The van der Waals surface area contributed by atoms with Crippen LogP contribution in [0.25, 0.3) is 17.1 Å². The van der Waals surface area contributed by atoms with Crippen LogP contribution < -0.4 is 9.64 Å². The maximum Gasteiger partial charge on any atom is 0.238 e. The minimum absolute atomic E-state index is 0.0219. The van der Waals surface area contributed by atoms with Gasteiger partial charge in [0, 0.05) is 11.8 Å². The van der Waals surface area contributed by atoms with Gasteiger partial charge in [0.15, 0.2) is 5.82 Å². The predicted molar refractivity (Wildman–Crippen MR) is 123 cm³/mol. The fraction of sp³-hybridized carbons (Fsp3) is 0.208. The third kappa shape index (κ3) is 3.11. The van der Waals surface area contributed by atoms with E-state index in [2.05, 4.69) is 33.2 Å². The summed E-state index contributed by atoms with van der Waals surface area (Å²) in [4.78, 5) is 10.8. The first kappa shape index (κ1) is 19.9. The van der Waals surface area contributed by atoms with Crippen molar-refractivity contribution in [2.24, 2.45) is 0 Å². The van der Waals surface area contributed by atoms with E-state index in [4.69, 9.17) is 10.1 Å². The van der Waals surface area contributed by atoms with Crippen LogP contribution in [-0.2, 0) is 0 Å². The Hall–Kier alpha value is -4.07. The Morgan fingerprint density at radius 2 is 1.84 bits per heavy atom. The third-order valence-electron chi connectivity index (χ3n) is 5.77. The molecule has 8 nitrogen and oxygen atoms in total. The second-order valence-corrected chi connectivity index (χ2v) is 7.87. The van der Waals surface area contributed by atoms with Gasteiger partial charge in [-0.15, -0.1) is 10.2 Å². The molecular formula is C24H23N7O. The average molecular weight is 425 g/mol. The van der Waals surface area contributed by atoms with Gasteiger partial charge in [0.05, 0.1) is 30.9 Å². The molecule has 1 aliphatic heterocycles. The first-order valence-corrected chi connectivity index (χ1v) is 10.4. The summed E-state index contributed by atoms with van der Waals surface area (Å²) in [6.07, 6.45) is 3.65. The first-order valence-electron chi connectivity index (χ1n) is 10.4. The van der Waals surface area contributed by atoms with Crippen LogP contribution >= 0.6 is 0 Å². The standard InChI is InChI=1S/C24H23N7O/c1-14-11-20(19-9-10-21(24(27-19)32-4)30-12-15(2)26-13-30)28-29-23(14)31-16(3)17-7-5-6-8-18(17)22(31)25/h5-13,16,25H,1-4H3/t16-/m0/s1. The van der Waals surface area contributed by atoms with Crippen LogP contribution in [0.2, 0.25) is 0 Å². The fourth-order valence-electron chi connectivity index (χ4n) is 4.15. The van der Waals surface area contributed by atoms with Gasteiger partial charge in [-0.25, -0.2) is 9.97 Å². The molecule has 32 heavy (non-hydrogen) atoms. The van der Waals surface area contributed by atoms with E-state index in [9.17, 15) is 0 Å². The van der Waals surface area contributed by atoms with E-state index < -0.39 is 0 Å². The largest absolute Gasteiger partial charge is 0.479 e. The van der Waals surface area contributed by atoms with Crippen molar-refractivity contribution in [1.29, 1.82) is 5.41 Å². The molecule has 4 heterocycles. The summed E-state index contributed by atoms with van der Waals surface area (Å²) in [5.41, 5.74) is 6.01. The molecule has 0 saturated heterocycles. The zero-order chi connectivity index (χ0) is 22.4. The molecule has 160 valence electrons. The third-order valence-corrected chi connectivity index (χ3v) is 5.77. The van der Waals surface area contributed by atoms with Crippen molar-refractivity contribution in [1.82, 2.24) is 24.7 Å². The highest BCUT2D eigenvalue weighted by molar-refractivity contribution is 6.12. The molecule has 8 heteroatoms. The van der Waals surface area contributed by atoms with Gasteiger partial charge in [-0.05, 0) is 50.1 Å². The van der Waals surface area contributed by atoms with Gasteiger partial charge in [-0.1, -0.05) is 24.3 Å². The Labute approximate surface area is 186 Å². The van der Waals surface area contributed by atoms with Crippen LogP contribution in [0, 0.1) is 19.3 Å².